The summed E-state index contributed by atoms with van der Waals surface area (Å²) in [6.07, 6.45) is -4.48. The van der Waals surface area contributed by atoms with Gasteiger partial charge in [-0.25, -0.2) is 0 Å². The number of alkyl halides is 3. The number of non-ortho nitro benzene ring substituents is 1. The van der Waals surface area contributed by atoms with E-state index in [2.05, 4.69) is 5.32 Å². The van der Waals surface area contributed by atoms with Gasteiger partial charge < -0.3 is 5.32 Å². The molecule has 0 radical (unpaired) electrons. The van der Waals surface area contributed by atoms with Gasteiger partial charge in [-0.1, -0.05) is 11.6 Å². The molecule has 9 heteroatoms. The highest BCUT2D eigenvalue weighted by molar-refractivity contribution is 6.34. The number of nitrogens with zero attached hydrogens (tertiary/aromatic N) is 1. The van der Waals surface area contributed by atoms with Crippen LogP contribution in [0.4, 0.5) is 24.5 Å². The minimum absolute atomic E-state index is 0.0139. The zero-order valence-corrected chi connectivity index (χ0v) is 12.0. The van der Waals surface area contributed by atoms with Crippen LogP contribution < -0.4 is 5.32 Å². The van der Waals surface area contributed by atoms with Gasteiger partial charge >= 0.3 is 6.18 Å². The van der Waals surface area contributed by atoms with Crippen LogP contribution >= 0.6 is 11.6 Å². The van der Waals surface area contributed by atoms with E-state index in [9.17, 15) is 28.1 Å². The standard InChI is InChI=1S/C14H8ClF3N2O3/c15-12-6-5-10(20(22)23)7-11(12)13(21)19-9-3-1-8(2-4-9)14(16,17)18/h1-7H,(H,19,21). The Bertz CT molecular complexity index is 761. The molecule has 120 valence electrons. The van der Waals surface area contributed by atoms with E-state index in [1.807, 2.05) is 0 Å². The van der Waals surface area contributed by atoms with Crippen molar-refractivity contribution in [3.05, 3.63) is 68.7 Å². The molecule has 1 N–H and O–H groups in total. The van der Waals surface area contributed by atoms with Crippen LogP contribution in [0.25, 0.3) is 0 Å². The van der Waals surface area contributed by atoms with Crippen LogP contribution in [-0.4, -0.2) is 10.8 Å². The number of hydrogen-bond donors (Lipinski definition) is 1. The fourth-order valence-corrected chi connectivity index (χ4v) is 1.95. The SMILES string of the molecule is O=C(Nc1ccc(C(F)(F)F)cc1)c1cc([N+](=O)[O-])ccc1Cl. The molecule has 2 rings (SSSR count). The number of carbonyl (C=O) groups is 1. The second-order valence-electron chi connectivity index (χ2n) is 4.45. The van der Waals surface area contributed by atoms with E-state index in [0.717, 1.165) is 36.4 Å². The summed E-state index contributed by atoms with van der Waals surface area (Å²) in [7, 11) is 0. The molecule has 5 nitrogen and oxygen atoms in total. The maximum Gasteiger partial charge on any atom is 0.416 e. The number of benzene rings is 2. The number of carbonyl (C=O) groups excluding carboxylic acids is 1. The summed E-state index contributed by atoms with van der Waals surface area (Å²) in [4.78, 5) is 22.1. The van der Waals surface area contributed by atoms with Gasteiger partial charge in [0.2, 0.25) is 0 Å². The minimum atomic E-state index is -4.48. The number of nitrogens with one attached hydrogen (secondary N) is 1. The average Bonchev–Trinajstić information content (AvgIpc) is 2.47. The molecule has 0 aliphatic heterocycles. The lowest BCUT2D eigenvalue weighted by atomic mass is 10.1. The zero-order valence-electron chi connectivity index (χ0n) is 11.2. The number of nitro groups is 1. The normalized spacial score (nSPS) is 11.1. The van der Waals surface area contributed by atoms with Crippen molar-refractivity contribution in [1.82, 2.24) is 0 Å². The van der Waals surface area contributed by atoms with Crippen molar-refractivity contribution in [2.24, 2.45) is 0 Å². The van der Waals surface area contributed by atoms with E-state index in [1.54, 1.807) is 0 Å². The smallest absolute Gasteiger partial charge is 0.322 e. The third-order valence-electron chi connectivity index (χ3n) is 2.88. The Hall–Kier alpha value is -2.61. The highest BCUT2D eigenvalue weighted by Gasteiger charge is 2.30. The molecule has 0 bridgehead atoms. The summed E-state index contributed by atoms with van der Waals surface area (Å²) in [6, 6.07) is 7.09. The number of rotatable bonds is 3. The molecular weight excluding hydrogens is 337 g/mol. The summed E-state index contributed by atoms with van der Waals surface area (Å²) >= 11 is 5.81. The molecule has 0 fully saturated rings. The molecule has 0 aliphatic rings. The molecule has 0 unspecified atom stereocenters. The van der Waals surface area contributed by atoms with Crippen LogP contribution in [-0.2, 0) is 6.18 Å². The molecular formula is C14H8ClF3N2O3. The second-order valence-corrected chi connectivity index (χ2v) is 4.86. The Balaban J connectivity index is 2.22. The summed E-state index contributed by atoms with van der Waals surface area (Å²) in [6.45, 7) is 0. The van der Waals surface area contributed by atoms with E-state index >= 15 is 0 Å². The lowest BCUT2D eigenvalue weighted by molar-refractivity contribution is -0.384. The van der Waals surface area contributed by atoms with Crippen LogP contribution in [0, 0.1) is 10.1 Å². The maximum absolute atomic E-state index is 12.5. The summed E-state index contributed by atoms with van der Waals surface area (Å²) in [5, 5.41) is 13.0. The van der Waals surface area contributed by atoms with E-state index in [1.165, 1.54) is 6.07 Å². The molecule has 2 aromatic carbocycles. The van der Waals surface area contributed by atoms with Crippen molar-refractivity contribution in [2.75, 3.05) is 5.32 Å². The summed E-state index contributed by atoms with van der Waals surface area (Å²) < 4.78 is 37.4. The van der Waals surface area contributed by atoms with Crippen LogP contribution in [0.15, 0.2) is 42.5 Å². The summed E-state index contributed by atoms with van der Waals surface area (Å²) in [5.74, 6) is -0.765. The molecule has 0 aliphatic carbocycles. The van der Waals surface area contributed by atoms with Crippen LogP contribution in [0.3, 0.4) is 0 Å². The monoisotopic (exact) mass is 344 g/mol. The van der Waals surface area contributed by atoms with Crippen molar-refractivity contribution in [2.45, 2.75) is 6.18 Å². The second kappa shape index (κ2) is 6.25. The third-order valence-corrected chi connectivity index (χ3v) is 3.21. The zero-order chi connectivity index (χ0) is 17.2. The first-order chi connectivity index (χ1) is 10.7. The number of nitro benzene ring substituents is 1. The Morgan fingerprint density at radius 1 is 1.13 bits per heavy atom. The predicted molar refractivity (Wildman–Crippen MR) is 77.5 cm³/mol. The highest BCUT2D eigenvalue weighted by Crippen LogP contribution is 2.30. The molecule has 0 atom stereocenters. The predicted octanol–water partition coefficient (Wildman–Crippen LogP) is 4.52. The van der Waals surface area contributed by atoms with Gasteiger partial charge in [0, 0.05) is 17.8 Å². The molecule has 0 heterocycles. The van der Waals surface area contributed by atoms with Crippen molar-refractivity contribution in [3.63, 3.8) is 0 Å². The van der Waals surface area contributed by atoms with E-state index < -0.39 is 22.6 Å². The minimum Gasteiger partial charge on any atom is -0.322 e. The maximum atomic E-state index is 12.5. The van der Waals surface area contributed by atoms with Gasteiger partial charge in [-0.2, -0.15) is 13.2 Å². The number of amides is 1. The highest BCUT2D eigenvalue weighted by atomic mass is 35.5. The first-order valence-electron chi connectivity index (χ1n) is 6.11. The molecule has 23 heavy (non-hydrogen) atoms. The largest absolute Gasteiger partial charge is 0.416 e. The van der Waals surface area contributed by atoms with Crippen LogP contribution in [0.1, 0.15) is 15.9 Å². The van der Waals surface area contributed by atoms with Crippen molar-refractivity contribution in [1.29, 1.82) is 0 Å². The van der Waals surface area contributed by atoms with Crippen molar-refractivity contribution in [3.8, 4) is 0 Å². The van der Waals surface area contributed by atoms with E-state index in [-0.39, 0.29) is 22.0 Å². The third kappa shape index (κ3) is 3.98. The topological polar surface area (TPSA) is 72.2 Å². The molecule has 1 amide bonds. The Morgan fingerprint density at radius 3 is 2.26 bits per heavy atom. The van der Waals surface area contributed by atoms with Crippen molar-refractivity contribution < 1.29 is 22.9 Å². The molecule has 0 aromatic heterocycles. The van der Waals surface area contributed by atoms with Crippen molar-refractivity contribution >= 4 is 28.9 Å². The number of hydrogen-bond acceptors (Lipinski definition) is 3. The lowest BCUT2D eigenvalue weighted by Crippen LogP contribution is -2.13. The lowest BCUT2D eigenvalue weighted by Gasteiger charge is -2.09. The average molecular weight is 345 g/mol. The fourth-order valence-electron chi connectivity index (χ4n) is 1.74. The fraction of sp³-hybridized carbons (Fsp3) is 0.0714. The number of halogens is 4. The first-order valence-corrected chi connectivity index (χ1v) is 6.49. The van der Waals surface area contributed by atoms with Gasteiger partial charge in [-0.3, -0.25) is 14.9 Å². The van der Waals surface area contributed by atoms with Crippen LogP contribution in [0.5, 0.6) is 0 Å². The quantitative estimate of drug-likeness (QED) is 0.657. The van der Waals surface area contributed by atoms with Gasteiger partial charge in [-0.05, 0) is 30.3 Å². The molecule has 0 spiro atoms. The van der Waals surface area contributed by atoms with E-state index in [4.69, 9.17) is 11.6 Å². The Labute approximate surface area is 132 Å². The molecule has 2 aromatic rings. The van der Waals surface area contributed by atoms with Gasteiger partial charge in [0.15, 0.2) is 0 Å². The van der Waals surface area contributed by atoms with E-state index in [0.29, 0.717) is 0 Å². The number of anilines is 1. The van der Waals surface area contributed by atoms with Gasteiger partial charge in [0.25, 0.3) is 11.6 Å². The molecule has 0 saturated heterocycles. The Kier molecular flexibility index (Phi) is 4.55. The molecule has 0 saturated carbocycles. The first kappa shape index (κ1) is 16.8. The van der Waals surface area contributed by atoms with Gasteiger partial charge in [0.05, 0.1) is 21.1 Å². The summed E-state index contributed by atoms with van der Waals surface area (Å²) in [5.41, 5.74) is -1.23. The van der Waals surface area contributed by atoms with Gasteiger partial charge in [-0.15, -0.1) is 0 Å². The van der Waals surface area contributed by atoms with Gasteiger partial charge in [0.1, 0.15) is 0 Å². The van der Waals surface area contributed by atoms with Crippen LogP contribution in [0.2, 0.25) is 5.02 Å². The Morgan fingerprint density at radius 2 is 1.74 bits per heavy atom.